The van der Waals surface area contributed by atoms with Crippen LogP contribution in [0.15, 0.2) is 47.2 Å². The number of H-pyrrole nitrogens is 1. The van der Waals surface area contributed by atoms with Crippen LogP contribution in [0.1, 0.15) is 17.0 Å². The average Bonchev–Trinajstić information content (AvgIpc) is 3.35. The number of methoxy groups -OCH3 is 2. The number of nitriles is 1. The van der Waals surface area contributed by atoms with E-state index in [0.717, 1.165) is 21.7 Å². The number of aromatic nitrogens is 2. The maximum Gasteiger partial charge on any atom is 0.244 e. The Balaban J connectivity index is 1.97. The van der Waals surface area contributed by atoms with E-state index in [0.29, 0.717) is 23.0 Å². The van der Waals surface area contributed by atoms with E-state index in [1.165, 1.54) is 0 Å². The Bertz CT molecular complexity index is 1040. The van der Waals surface area contributed by atoms with Crippen LogP contribution in [0.2, 0.25) is 0 Å². The summed E-state index contributed by atoms with van der Waals surface area (Å²) in [5.74, 6) is 1.19. The average molecular weight is 380 g/mol. The summed E-state index contributed by atoms with van der Waals surface area (Å²) in [5.41, 5.74) is 8.70. The molecular formula is C19H16N4O3S. The van der Waals surface area contributed by atoms with E-state index in [1.807, 2.05) is 29.6 Å². The van der Waals surface area contributed by atoms with Crippen molar-refractivity contribution in [2.75, 3.05) is 14.2 Å². The van der Waals surface area contributed by atoms with Gasteiger partial charge in [-0.05, 0) is 29.1 Å². The number of nitrogens with zero attached hydrogens (tertiary/aromatic N) is 2. The van der Waals surface area contributed by atoms with Crippen molar-refractivity contribution in [3.05, 3.63) is 58.3 Å². The van der Waals surface area contributed by atoms with Crippen molar-refractivity contribution in [3.8, 4) is 34.0 Å². The van der Waals surface area contributed by atoms with Crippen LogP contribution in [0.5, 0.6) is 17.4 Å². The van der Waals surface area contributed by atoms with Gasteiger partial charge in [0.05, 0.1) is 36.3 Å². The minimum Gasteiger partial charge on any atom is -0.497 e. The highest BCUT2D eigenvalue weighted by Crippen LogP contribution is 2.47. The lowest BCUT2D eigenvalue weighted by Gasteiger charge is -2.24. The number of hydrogen-bond donors (Lipinski definition) is 2. The van der Waals surface area contributed by atoms with Gasteiger partial charge in [-0.2, -0.15) is 5.26 Å². The van der Waals surface area contributed by atoms with E-state index in [-0.39, 0.29) is 5.88 Å². The lowest BCUT2D eigenvalue weighted by Crippen LogP contribution is -2.21. The van der Waals surface area contributed by atoms with Gasteiger partial charge in [0.15, 0.2) is 0 Å². The first kappa shape index (κ1) is 17.0. The molecule has 1 aliphatic heterocycles. The fraction of sp³-hybridized carbons (Fsp3) is 0.158. The van der Waals surface area contributed by atoms with E-state index in [1.54, 1.807) is 31.6 Å². The van der Waals surface area contributed by atoms with E-state index < -0.39 is 5.92 Å². The van der Waals surface area contributed by atoms with Crippen LogP contribution in [0, 0.1) is 11.3 Å². The molecule has 27 heavy (non-hydrogen) atoms. The fourth-order valence-corrected chi connectivity index (χ4v) is 3.92. The highest BCUT2D eigenvalue weighted by molar-refractivity contribution is 7.13. The topological polar surface area (TPSA) is 106 Å². The zero-order valence-corrected chi connectivity index (χ0v) is 15.5. The molecule has 2 aromatic heterocycles. The van der Waals surface area contributed by atoms with Crippen molar-refractivity contribution >= 4 is 11.3 Å². The van der Waals surface area contributed by atoms with Crippen LogP contribution in [-0.4, -0.2) is 24.4 Å². The summed E-state index contributed by atoms with van der Waals surface area (Å²) in [5, 5.41) is 19.0. The highest BCUT2D eigenvalue weighted by Gasteiger charge is 2.36. The number of fused-ring (bicyclic) bond motifs is 1. The normalized spacial score (nSPS) is 15.7. The third-order valence-electron chi connectivity index (χ3n) is 4.41. The van der Waals surface area contributed by atoms with Crippen molar-refractivity contribution in [2.24, 2.45) is 5.73 Å². The summed E-state index contributed by atoms with van der Waals surface area (Å²) in [6.45, 7) is 0. The molecule has 1 aromatic carbocycles. The minimum atomic E-state index is -0.460. The molecule has 3 heterocycles. The number of aromatic amines is 1. The number of nitrogens with two attached hydrogens (primary N) is 1. The van der Waals surface area contributed by atoms with Gasteiger partial charge in [0.1, 0.15) is 23.1 Å². The van der Waals surface area contributed by atoms with Crippen molar-refractivity contribution < 1.29 is 14.2 Å². The van der Waals surface area contributed by atoms with Gasteiger partial charge in [0.25, 0.3) is 0 Å². The molecule has 1 aliphatic rings. The highest BCUT2D eigenvalue weighted by atomic mass is 32.1. The van der Waals surface area contributed by atoms with E-state index in [2.05, 4.69) is 16.3 Å². The summed E-state index contributed by atoms with van der Waals surface area (Å²) in [4.78, 5) is 0.991. The zero-order chi connectivity index (χ0) is 19.0. The number of ether oxygens (including phenoxy) is 3. The second-order valence-corrected chi connectivity index (χ2v) is 6.81. The third kappa shape index (κ3) is 2.78. The van der Waals surface area contributed by atoms with E-state index in [4.69, 9.17) is 19.9 Å². The molecule has 0 radical (unpaired) electrons. The number of rotatable bonds is 4. The molecule has 0 fully saturated rings. The second-order valence-electron chi connectivity index (χ2n) is 5.87. The Morgan fingerprint density at radius 3 is 2.59 bits per heavy atom. The fourth-order valence-electron chi connectivity index (χ4n) is 3.18. The number of allylic oxidation sites excluding steroid dienone is 1. The van der Waals surface area contributed by atoms with Gasteiger partial charge in [0, 0.05) is 6.07 Å². The smallest absolute Gasteiger partial charge is 0.244 e. The summed E-state index contributed by atoms with van der Waals surface area (Å²) >= 11 is 1.57. The molecule has 0 saturated heterocycles. The standard InChI is InChI=1S/C19H16N4O3S/c1-24-11-6-10(7-12(8-11)25-2)15-13(9-20)18(21)26-19-16(15)17(22-23-19)14-4-3-5-27-14/h3-8,15H,21H2,1-2H3,(H,22,23). The number of benzene rings is 1. The summed E-state index contributed by atoms with van der Waals surface area (Å²) < 4.78 is 16.4. The zero-order valence-electron chi connectivity index (χ0n) is 14.6. The molecule has 0 aliphatic carbocycles. The Labute approximate surface area is 159 Å². The lowest BCUT2D eigenvalue weighted by atomic mass is 9.83. The first-order valence-corrected chi connectivity index (χ1v) is 8.97. The summed E-state index contributed by atoms with van der Waals surface area (Å²) in [6, 6.07) is 11.6. The number of hydrogen-bond acceptors (Lipinski definition) is 7. The van der Waals surface area contributed by atoms with Crippen LogP contribution in [0.4, 0.5) is 0 Å². The molecule has 0 saturated carbocycles. The molecule has 3 aromatic rings. The predicted molar refractivity (Wildman–Crippen MR) is 101 cm³/mol. The Kier molecular flexibility index (Phi) is 4.22. The molecular weight excluding hydrogens is 364 g/mol. The van der Waals surface area contributed by atoms with Crippen LogP contribution in [0.25, 0.3) is 10.6 Å². The van der Waals surface area contributed by atoms with Crippen LogP contribution < -0.4 is 19.9 Å². The maximum atomic E-state index is 9.77. The second kappa shape index (κ2) is 6.70. The van der Waals surface area contributed by atoms with Crippen LogP contribution in [-0.2, 0) is 0 Å². The SMILES string of the molecule is COc1cc(OC)cc(C2C(C#N)=C(N)Oc3n[nH]c(-c4cccs4)c32)c1. The van der Waals surface area contributed by atoms with Gasteiger partial charge in [-0.1, -0.05) is 6.07 Å². The molecule has 1 atom stereocenters. The number of nitrogens with one attached hydrogen (secondary N) is 1. The molecule has 1 unspecified atom stereocenters. The first-order valence-electron chi connectivity index (χ1n) is 8.09. The van der Waals surface area contributed by atoms with Crippen molar-refractivity contribution in [2.45, 2.75) is 5.92 Å². The largest absolute Gasteiger partial charge is 0.497 e. The van der Waals surface area contributed by atoms with E-state index >= 15 is 0 Å². The minimum absolute atomic E-state index is 0.0426. The molecule has 136 valence electrons. The molecule has 0 spiro atoms. The lowest BCUT2D eigenvalue weighted by molar-refractivity contribution is 0.377. The van der Waals surface area contributed by atoms with Crippen LogP contribution in [0.3, 0.4) is 0 Å². The summed E-state index contributed by atoms with van der Waals surface area (Å²) in [7, 11) is 3.16. The van der Waals surface area contributed by atoms with Crippen LogP contribution >= 0.6 is 11.3 Å². The molecule has 0 bridgehead atoms. The summed E-state index contributed by atoms with van der Waals surface area (Å²) in [6.07, 6.45) is 0. The Morgan fingerprint density at radius 1 is 1.26 bits per heavy atom. The molecule has 7 nitrogen and oxygen atoms in total. The van der Waals surface area contributed by atoms with Crippen molar-refractivity contribution in [3.63, 3.8) is 0 Å². The molecule has 0 amide bonds. The molecule has 4 rings (SSSR count). The third-order valence-corrected chi connectivity index (χ3v) is 5.30. The van der Waals surface area contributed by atoms with Gasteiger partial charge < -0.3 is 19.9 Å². The Morgan fingerprint density at radius 2 is 2.00 bits per heavy atom. The van der Waals surface area contributed by atoms with Gasteiger partial charge in [0.2, 0.25) is 11.8 Å². The van der Waals surface area contributed by atoms with E-state index in [9.17, 15) is 5.26 Å². The quantitative estimate of drug-likeness (QED) is 0.719. The monoisotopic (exact) mass is 380 g/mol. The van der Waals surface area contributed by atoms with Gasteiger partial charge in [-0.15, -0.1) is 16.4 Å². The molecule has 8 heteroatoms. The van der Waals surface area contributed by atoms with Gasteiger partial charge in [-0.25, -0.2) is 0 Å². The first-order chi connectivity index (χ1) is 13.2. The number of thiophene rings is 1. The van der Waals surface area contributed by atoms with Crippen molar-refractivity contribution in [1.82, 2.24) is 10.2 Å². The Hall–Kier alpha value is -3.44. The maximum absolute atomic E-state index is 9.77. The van der Waals surface area contributed by atoms with Crippen molar-refractivity contribution in [1.29, 1.82) is 5.26 Å². The van der Waals surface area contributed by atoms with Gasteiger partial charge in [-0.3, -0.25) is 5.10 Å². The predicted octanol–water partition coefficient (Wildman–Crippen LogP) is 3.37. The van der Waals surface area contributed by atoms with Gasteiger partial charge >= 0.3 is 0 Å². The molecule has 3 N–H and O–H groups in total.